The van der Waals surface area contributed by atoms with E-state index in [0.29, 0.717) is 5.16 Å². The number of para-hydroxylation sites is 1. The Bertz CT molecular complexity index is 1140. The largest absolute Gasteiger partial charge is 0.325 e. The fourth-order valence-electron chi connectivity index (χ4n) is 3.32. The van der Waals surface area contributed by atoms with Crippen LogP contribution in [0.4, 0.5) is 5.69 Å². The summed E-state index contributed by atoms with van der Waals surface area (Å²) in [4.78, 5) is 12.5. The third kappa shape index (κ3) is 4.60. The molecule has 0 atom stereocenters. The second-order valence-electron chi connectivity index (χ2n) is 7.06. The van der Waals surface area contributed by atoms with Crippen LogP contribution in [0.25, 0.3) is 17.1 Å². The van der Waals surface area contributed by atoms with Crippen LogP contribution in [0.2, 0.25) is 0 Å². The number of carbonyl (C=O) groups is 1. The Balaban J connectivity index is 1.57. The van der Waals surface area contributed by atoms with Crippen LogP contribution in [0, 0.1) is 13.8 Å². The molecule has 0 fully saturated rings. The first kappa shape index (κ1) is 19.9. The SMILES string of the molecule is Cc1cc(C)cc(NC(=O)CSc2nnc(-c3ccccc3)n2-c2ccccc2)c1. The summed E-state index contributed by atoms with van der Waals surface area (Å²) in [6.45, 7) is 4.04. The Hall–Kier alpha value is -3.38. The van der Waals surface area contributed by atoms with Gasteiger partial charge in [0.25, 0.3) is 0 Å². The lowest BCUT2D eigenvalue weighted by molar-refractivity contribution is -0.113. The lowest BCUT2D eigenvalue weighted by Crippen LogP contribution is -2.14. The first-order valence-electron chi connectivity index (χ1n) is 9.67. The Morgan fingerprint density at radius 2 is 1.53 bits per heavy atom. The maximum absolute atomic E-state index is 12.5. The highest BCUT2D eigenvalue weighted by atomic mass is 32.2. The summed E-state index contributed by atoms with van der Waals surface area (Å²) in [6, 6.07) is 25.9. The molecule has 0 bridgehead atoms. The number of benzene rings is 3. The average Bonchev–Trinajstić information content (AvgIpc) is 3.17. The molecule has 0 spiro atoms. The highest BCUT2D eigenvalue weighted by Gasteiger charge is 2.17. The second kappa shape index (κ2) is 8.97. The van der Waals surface area contributed by atoms with Gasteiger partial charge in [0.1, 0.15) is 0 Å². The van der Waals surface area contributed by atoms with E-state index in [1.165, 1.54) is 11.8 Å². The average molecular weight is 415 g/mol. The van der Waals surface area contributed by atoms with Gasteiger partial charge >= 0.3 is 0 Å². The van der Waals surface area contributed by atoms with Crippen molar-refractivity contribution in [3.63, 3.8) is 0 Å². The van der Waals surface area contributed by atoms with E-state index < -0.39 is 0 Å². The molecular weight excluding hydrogens is 392 g/mol. The van der Waals surface area contributed by atoms with E-state index in [-0.39, 0.29) is 11.7 Å². The van der Waals surface area contributed by atoms with Crippen LogP contribution in [-0.2, 0) is 4.79 Å². The van der Waals surface area contributed by atoms with Crippen molar-refractivity contribution >= 4 is 23.4 Å². The van der Waals surface area contributed by atoms with Crippen LogP contribution in [-0.4, -0.2) is 26.4 Å². The molecule has 5 nitrogen and oxygen atoms in total. The second-order valence-corrected chi connectivity index (χ2v) is 8.00. The summed E-state index contributed by atoms with van der Waals surface area (Å²) in [5.41, 5.74) is 4.98. The number of nitrogens with one attached hydrogen (secondary N) is 1. The van der Waals surface area contributed by atoms with Gasteiger partial charge < -0.3 is 5.32 Å². The number of carbonyl (C=O) groups excluding carboxylic acids is 1. The van der Waals surface area contributed by atoms with E-state index in [9.17, 15) is 4.79 Å². The smallest absolute Gasteiger partial charge is 0.234 e. The topological polar surface area (TPSA) is 59.8 Å². The van der Waals surface area contributed by atoms with Gasteiger partial charge in [-0.1, -0.05) is 66.4 Å². The van der Waals surface area contributed by atoms with E-state index in [0.717, 1.165) is 33.9 Å². The van der Waals surface area contributed by atoms with Gasteiger partial charge in [0, 0.05) is 16.9 Å². The fourth-order valence-corrected chi connectivity index (χ4v) is 4.07. The highest BCUT2D eigenvalue weighted by molar-refractivity contribution is 7.99. The van der Waals surface area contributed by atoms with Gasteiger partial charge in [0.15, 0.2) is 11.0 Å². The van der Waals surface area contributed by atoms with E-state index in [2.05, 4.69) is 21.6 Å². The Kier molecular flexibility index (Phi) is 5.95. The summed E-state index contributed by atoms with van der Waals surface area (Å²) in [6.07, 6.45) is 0. The van der Waals surface area contributed by atoms with Crippen LogP contribution in [0.1, 0.15) is 11.1 Å². The third-order valence-electron chi connectivity index (χ3n) is 4.52. The highest BCUT2D eigenvalue weighted by Crippen LogP contribution is 2.28. The van der Waals surface area contributed by atoms with Crippen LogP contribution >= 0.6 is 11.8 Å². The zero-order valence-electron chi connectivity index (χ0n) is 16.9. The number of anilines is 1. The molecule has 1 aromatic heterocycles. The van der Waals surface area contributed by atoms with Gasteiger partial charge in [0.05, 0.1) is 5.75 Å². The summed E-state index contributed by atoms with van der Waals surface area (Å²) in [5, 5.41) is 12.4. The first-order valence-corrected chi connectivity index (χ1v) is 10.7. The van der Waals surface area contributed by atoms with Crippen molar-refractivity contribution in [1.29, 1.82) is 0 Å². The van der Waals surface area contributed by atoms with Crippen LogP contribution < -0.4 is 5.32 Å². The van der Waals surface area contributed by atoms with Gasteiger partial charge in [-0.2, -0.15) is 0 Å². The van der Waals surface area contributed by atoms with Crippen molar-refractivity contribution in [3.8, 4) is 17.1 Å². The van der Waals surface area contributed by atoms with Gasteiger partial charge in [0.2, 0.25) is 5.91 Å². The minimum atomic E-state index is -0.0751. The Morgan fingerprint density at radius 3 is 2.20 bits per heavy atom. The standard InChI is InChI=1S/C24H22N4OS/c1-17-13-18(2)15-20(14-17)25-22(29)16-30-24-27-26-23(19-9-5-3-6-10-19)28(24)21-11-7-4-8-12-21/h3-15H,16H2,1-2H3,(H,25,29). The van der Waals surface area contributed by atoms with Crippen molar-refractivity contribution < 1.29 is 4.79 Å². The van der Waals surface area contributed by atoms with Gasteiger partial charge in [-0.3, -0.25) is 9.36 Å². The van der Waals surface area contributed by atoms with Crippen molar-refractivity contribution in [2.75, 3.05) is 11.1 Å². The zero-order valence-corrected chi connectivity index (χ0v) is 17.7. The monoisotopic (exact) mass is 414 g/mol. The summed E-state index contributed by atoms with van der Waals surface area (Å²) >= 11 is 1.37. The van der Waals surface area contributed by atoms with Crippen LogP contribution in [0.5, 0.6) is 0 Å². The summed E-state index contributed by atoms with van der Waals surface area (Å²) in [5.74, 6) is 0.917. The Morgan fingerprint density at radius 1 is 0.900 bits per heavy atom. The Labute approximate surface area is 180 Å². The molecule has 0 saturated carbocycles. The number of amides is 1. The van der Waals surface area contributed by atoms with Crippen molar-refractivity contribution in [2.24, 2.45) is 0 Å². The summed E-state index contributed by atoms with van der Waals surface area (Å²) < 4.78 is 1.99. The van der Waals surface area contributed by atoms with E-state index >= 15 is 0 Å². The van der Waals surface area contributed by atoms with E-state index in [1.807, 2.05) is 91.2 Å². The van der Waals surface area contributed by atoms with E-state index in [4.69, 9.17) is 0 Å². The number of thioether (sulfide) groups is 1. The predicted octanol–water partition coefficient (Wildman–Crippen LogP) is 5.28. The quantitative estimate of drug-likeness (QED) is 0.436. The molecule has 0 saturated heterocycles. The number of hydrogen-bond acceptors (Lipinski definition) is 4. The molecule has 3 aromatic carbocycles. The molecule has 30 heavy (non-hydrogen) atoms. The van der Waals surface area contributed by atoms with Crippen molar-refractivity contribution in [1.82, 2.24) is 14.8 Å². The minimum absolute atomic E-state index is 0.0751. The molecule has 6 heteroatoms. The molecule has 150 valence electrons. The van der Waals surface area contributed by atoms with E-state index in [1.54, 1.807) is 0 Å². The third-order valence-corrected chi connectivity index (χ3v) is 5.45. The number of nitrogens with zero attached hydrogens (tertiary/aromatic N) is 3. The number of aromatic nitrogens is 3. The molecule has 0 radical (unpaired) electrons. The van der Waals surface area contributed by atoms with Gasteiger partial charge in [-0.15, -0.1) is 10.2 Å². The predicted molar refractivity (Wildman–Crippen MR) is 122 cm³/mol. The molecule has 0 aliphatic carbocycles. The summed E-state index contributed by atoms with van der Waals surface area (Å²) in [7, 11) is 0. The number of aryl methyl sites for hydroxylation is 2. The molecule has 1 heterocycles. The zero-order chi connectivity index (χ0) is 20.9. The molecule has 4 rings (SSSR count). The first-order chi connectivity index (χ1) is 14.6. The normalized spacial score (nSPS) is 10.7. The van der Waals surface area contributed by atoms with Crippen molar-refractivity contribution in [3.05, 3.63) is 90.0 Å². The molecular formula is C24H22N4OS. The fraction of sp³-hybridized carbons (Fsp3) is 0.125. The van der Waals surface area contributed by atoms with Gasteiger partial charge in [-0.25, -0.2) is 0 Å². The number of rotatable bonds is 6. The van der Waals surface area contributed by atoms with Gasteiger partial charge in [-0.05, 0) is 49.2 Å². The van der Waals surface area contributed by atoms with Crippen LogP contribution in [0.3, 0.4) is 0 Å². The molecule has 0 unspecified atom stereocenters. The van der Waals surface area contributed by atoms with Crippen molar-refractivity contribution in [2.45, 2.75) is 19.0 Å². The maximum atomic E-state index is 12.5. The molecule has 4 aromatic rings. The maximum Gasteiger partial charge on any atom is 0.234 e. The molecule has 0 aliphatic heterocycles. The minimum Gasteiger partial charge on any atom is -0.325 e. The van der Waals surface area contributed by atoms with Crippen LogP contribution in [0.15, 0.2) is 84.0 Å². The molecule has 1 amide bonds. The number of hydrogen-bond donors (Lipinski definition) is 1. The molecule has 1 N–H and O–H groups in total. The lowest BCUT2D eigenvalue weighted by atomic mass is 10.1. The molecule has 0 aliphatic rings. The lowest BCUT2D eigenvalue weighted by Gasteiger charge is -2.11.